The Bertz CT molecular complexity index is 949. The van der Waals surface area contributed by atoms with E-state index < -0.39 is 11.6 Å². The summed E-state index contributed by atoms with van der Waals surface area (Å²) >= 11 is 0. The molecule has 3 aliphatic rings. The van der Waals surface area contributed by atoms with Gasteiger partial charge in [0.25, 0.3) is 0 Å². The van der Waals surface area contributed by atoms with Crippen LogP contribution < -0.4 is 0 Å². The second-order valence-corrected chi connectivity index (χ2v) is 8.75. The van der Waals surface area contributed by atoms with Gasteiger partial charge in [-0.05, 0) is 51.2 Å². The Labute approximate surface area is 175 Å². The van der Waals surface area contributed by atoms with Gasteiger partial charge in [-0.3, -0.25) is 4.79 Å². The van der Waals surface area contributed by atoms with Crippen LogP contribution in [0.4, 0.5) is 0 Å². The van der Waals surface area contributed by atoms with E-state index in [1.54, 1.807) is 31.6 Å². The number of esters is 2. The zero-order valence-electron chi connectivity index (χ0n) is 17.8. The van der Waals surface area contributed by atoms with Crippen LogP contribution in [0.15, 0.2) is 41.6 Å². The summed E-state index contributed by atoms with van der Waals surface area (Å²) in [5.74, 6) is 0.779. The highest BCUT2D eigenvalue weighted by Gasteiger charge is 2.34. The number of methoxy groups -OCH3 is 1. The Hall–Kier alpha value is -3.10. The smallest absolute Gasteiger partial charge is 0.361 e. The molecule has 0 unspecified atom stereocenters. The van der Waals surface area contributed by atoms with E-state index in [9.17, 15) is 9.59 Å². The maximum atomic E-state index is 12.2. The number of fused-ring (bicyclic) bond motifs is 1. The van der Waals surface area contributed by atoms with Gasteiger partial charge in [-0.25, -0.2) is 9.48 Å². The molecule has 1 fully saturated rings. The average molecular weight is 413 g/mol. The molecule has 0 amide bonds. The van der Waals surface area contributed by atoms with Gasteiger partial charge in [-0.2, -0.15) is 0 Å². The summed E-state index contributed by atoms with van der Waals surface area (Å²) in [6, 6.07) is 0. The predicted molar refractivity (Wildman–Crippen MR) is 108 cm³/mol. The second-order valence-electron chi connectivity index (χ2n) is 8.75. The molecule has 0 radical (unpaired) electrons. The van der Waals surface area contributed by atoms with Crippen LogP contribution in [0.3, 0.4) is 0 Å². The lowest BCUT2D eigenvalue weighted by Gasteiger charge is -2.29. The van der Waals surface area contributed by atoms with E-state index in [2.05, 4.69) is 27.4 Å². The molecule has 0 atom stereocenters. The molecule has 2 aliphatic heterocycles. The lowest BCUT2D eigenvalue weighted by Crippen LogP contribution is -2.33. The van der Waals surface area contributed by atoms with Crippen molar-refractivity contribution in [3.8, 4) is 0 Å². The van der Waals surface area contributed by atoms with E-state index in [0.29, 0.717) is 12.5 Å². The van der Waals surface area contributed by atoms with Gasteiger partial charge in [0.05, 0.1) is 25.5 Å². The second kappa shape index (κ2) is 7.62. The van der Waals surface area contributed by atoms with Crippen molar-refractivity contribution in [2.45, 2.75) is 45.8 Å². The third-order valence-corrected chi connectivity index (χ3v) is 5.11. The first-order chi connectivity index (χ1) is 14.2. The first-order valence-corrected chi connectivity index (χ1v) is 10.1. The van der Waals surface area contributed by atoms with E-state index >= 15 is 0 Å². The topological polar surface area (TPSA) is 89.8 Å². The maximum Gasteiger partial charge on any atom is 0.361 e. The third kappa shape index (κ3) is 4.39. The van der Waals surface area contributed by atoms with E-state index in [4.69, 9.17) is 9.47 Å². The highest BCUT2D eigenvalue weighted by Crippen LogP contribution is 2.40. The van der Waals surface area contributed by atoms with Gasteiger partial charge in [0, 0.05) is 12.7 Å². The van der Waals surface area contributed by atoms with Gasteiger partial charge < -0.3 is 19.3 Å². The zero-order chi connectivity index (χ0) is 21.5. The molecule has 9 nitrogen and oxygen atoms in total. The quantitative estimate of drug-likeness (QED) is 0.655. The van der Waals surface area contributed by atoms with E-state index in [1.165, 1.54) is 25.5 Å². The predicted octanol–water partition coefficient (Wildman–Crippen LogP) is 2.06. The summed E-state index contributed by atoms with van der Waals surface area (Å²) < 4.78 is 11.8. The summed E-state index contributed by atoms with van der Waals surface area (Å²) in [6.45, 7) is 6.69. The van der Waals surface area contributed by atoms with Gasteiger partial charge in [0.15, 0.2) is 5.69 Å². The largest absolute Gasteiger partial charge is 0.468 e. The third-order valence-electron chi connectivity index (χ3n) is 5.11. The number of hydrogen-bond acceptors (Lipinski definition) is 8. The van der Waals surface area contributed by atoms with E-state index in [1.807, 2.05) is 11.1 Å². The van der Waals surface area contributed by atoms with Crippen LogP contribution in [-0.2, 0) is 20.8 Å². The maximum absolute atomic E-state index is 12.2. The van der Waals surface area contributed by atoms with Crippen LogP contribution in [-0.4, -0.2) is 62.5 Å². The molecule has 1 aromatic rings. The van der Waals surface area contributed by atoms with E-state index in [0.717, 1.165) is 18.1 Å². The van der Waals surface area contributed by atoms with Crippen LogP contribution in [0.2, 0.25) is 0 Å². The summed E-state index contributed by atoms with van der Waals surface area (Å²) in [6.07, 6.45) is 10.3. The molecule has 0 bridgehead atoms. The lowest BCUT2D eigenvalue weighted by atomic mass is 10.1. The molecule has 0 spiro atoms. The number of nitrogens with zero attached hydrogens (tertiary/aromatic N) is 5. The normalized spacial score (nSPS) is 18.5. The number of ether oxygens (including phenoxy) is 2. The average Bonchev–Trinajstić information content (AvgIpc) is 3.34. The molecule has 1 saturated carbocycles. The van der Waals surface area contributed by atoms with Crippen molar-refractivity contribution in [2.24, 2.45) is 5.92 Å². The van der Waals surface area contributed by atoms with Crippen molar-refractivity contribution >= 4 is 11.9 Å². The van der Waals surface area contributed by atoms with Crippen molar-refractivity contribution in [3.63, 3.8) is 0 Å². The summed E-state index contributed by atoms with van der Waals surface area (Å²) in [5.41, 5.74) is 1.84. The SMILES string of the molecule is COC(=O)CN1C(Cn2cc(C(=O)OC(C)(C)C)nn2)=CN2CC(C3CC3)=CC=C21. The Morgan fingerprint density at radius 2 is 2.00 bits per heavy atom. The van der Waals surface area contributed by atoms with Crippen molar-refractivity contribution < 1.29 is 19.1 Å². The highest BCUT2D eigenvalue weighted by atomic mass is 16.6. The molecule has 9 heteroatoms. The van der Waals surface area contributed by atoms with Gasteiger partial charge in [-0.15, -0.1) is 5.10 Å². The Balaban J connectivity index is 1.52. The Morgan fingerprint density at radius 3 is 2.67 bits per heavy atom. The van der Waals surface area contributed by atoms with Crippen molar-refractivity contribution in [1.82, 2.24) is 24.8 Å². The molecule has 0 saturated heterocycles. The molecule has 4 rings (SSSR count). The van der Waals surface area contributed by atoms with Crippen LogP contribution in [0, 0.1) is 5.92 Å². The fraction of sp³-hybridized carbons (Fsp3) is 0.524. The Kier molecular flexibility index (Phi) is 5.13. The number of aromatic nitrogens is 3. The summed E-state index contributed by atoms with van der Waals surface area (Å²) in [5, 5.41) is 8.01. The van der Waals surface area contributed by atoms with Gasteiger partial charge in [0.2, 0.25) is 0 Å². The highest BCUT2D eigenvalue weighted by molar-refractivity contribution is 5.87. The fourth-order valence-electron chi connectivity index (χ4n) is 3.55. The van der Waals surface area contributed by atoms with Gasteiger partial charge in [-0.1, -0.05) is 11.3 Å². The zero-order valence-corrected chi connectivity index (χ0v) is 17.8. The molecular weight excluding hydrogens is 386 g/mol. The molecule has 30 heavy (non-hydrogen) atoms. The van der Waals surface area contributed by atoms with E-state index in [-0.39, 0.29) is 18.2 Å². The van der Waals surface area contributed by atoms with Crippen molar-refractivity contribution in [3.05, 3.63) is 47.3 Å². The van der Waals surface area contributed by atoms with Crippen LogP contribution in [0.1, 0.15) is 44.1 Å². The minimum atomic E-state index is -0.603. The molecule has 3 heterocycles. The first-order valence-electron chi connectivity index (χ1n) is 10.1. The van der Waals surface area contributed by atoms with Crippen LogP contribution in [0.5, 0.6) is 0 Å². The Morgan fingerprint density at radius 1 is 1.23 bits per heavy atom. The van der Waals surface area contributed by atoms with Gasteiger partial charge in [0.1, 0.15) is 18.0 Å². The number of hydrogen-bond donors (Lipinski definition) is 0. The minimum absolute atomic E-state index is 0.102. The monoisotopic (exact) mass is 413 g/mol. The molecule has 160 valence electrons. The molecule has 1 aliphatic carbocycles. The van der Waals surface area contributed by atoms with Crippen molar-refractivity contribution in [2.75, 3.05) is 20.2 Å². The van der Waals surface area contributed by atoms with Gasteiger partial charge >= 0.3 is 11.9 Å². The summed E-state index contributed by atoms with van der Waals surface area (Å²) in [7, 11) is 1.38. The fourth-order valence-corrected chi connectivity index (χ4v) is 3.55. The van der Waals surface area contributed by atoms with Crippen molar-refractivity contribution in [1.29, 1.82) is 0 Å². The first kappa shape index (κ1) is 20.2. The molecule has 1 aromatic heterocycles. The lowest BCUT2D eigenvalue weighted by molar-refractivity contribution is -0.141. The van der Waals surface area contributed by atoms with Crippen LogP contribution in [0.25, 0.3) is 0 Å². The number of carbonyl (C=O) groups excluding carboxylic acids is 2. The molecule has 0 N–H and O–H groups in total. The van der Waals surface area contributed by atoms with Crippen LogP contribution >= 0.6 is 0 Å². The minimum Gasteiger partial charge on any atom is -0.468 e. The number of allylic oxidation sites excluding steroid dienone is 3. The summed E-state index contributed by atoms with van der Waals surface area (Å²) in [4.78, 5) is 28.3. The number of carbonyl (C=O) groups is 2. The molecule has 0 aromatic carbocycles. The molecular formula is C21H27N5O4. The standard InChI is InChI=1S/C21H27N5O4/c1-21(2,3)30-20(28)17-12-25(23-22-17)11-16-10-24-9-15(14-5-6-14)7-8-18(24)26(16)13-19(27)29-4/h7-8,10,12,14H,5-6,9,11,13H2,1-4H3. The number of rotatable bonds is 6.